The number of primary sulfonamides is 1. The zero-order valence-electron chi connectivity index (χ0n) is 10.6. The van der Waals surface area contributed by atoms with Gasteiger partial charge in [-0.1, -0.05) is 12.8 Å². The maximum atomic E-state index is 11.9. The van der Waals surface area contributed by atoms with Gasteiger partial charge < -0.3 is 9.72 Å². The monoisotopic (exact) mass is 286 g/mol. The van der Waals surface area contributed by atoms with Crippen molar-refractivity contribution in [1.82, 2.24) is 4.98 Å². The molecule has 1 aromatic rings. The molecule has 106 valence electrons. The third-order valence-electron chi connectivity index (χ3n) is 3.28. The normalized spacial score (nSPS) is 17.9. The molecule has 0 saturated heterocycles. The topological polar surface area (TPSA) is 102 Å². The second-order valence-corrected chi connectivity index (χ2v) is 6.37. The van der Waals surface area contributed by atoms with E-state index in [-0.39, 0.29) is 16.7 Å². The number of aromatic nitrogens is 1. The quantitative estimate of drug-likeness (QED) is 0.650. The van der Waals surface area contributed by atoms with Gasteiger partial charge in [0.1, 0.15) is 16.7 Å². The predicted octanol–water partition coefficient (Wildman–Crippen LogP) is 1.54. The summed E-state index contributed by atoms with van der Waals surface area (Å²) >= 11 is 0. The van der Waals surface area contributed by atoms with E-state index >= 15 is 0 Å². The Labute approximate surface area is 112 Å². The van der Waals surface area contributed by atoms with Crippen LogP contribution in [-0.2, 0) is 14.8 Å². The van der Waals surface area contributed by atoms with Crippen LogP contribution in [0.3, 0.4) is 0 Å². The molecule has 0 aliphatic heterocycles. The van der Waals surface area contributed by atoms with Crippen molar-refractivity contribution in [1.29, 1.82) is 0 Å². The molecule has 0 unspecified atom stereocenters. The largest absolute Gasteiger partial charge is 0.458 e. The standard InChI is InChI=1S/C12H18N2O4S/c13-19(16,17)10-7-11(14-8-10)12(15)18-9-5-3-1-2-4-6-9/h7-9,14H,1-6H2,(H2,13,16,17). The number of nitrogens with one attached hydrogen (secondary N) is 1. The molecule has 7 heteroatoms. The van der Waals surface area contributed by atoms with E-state index in [9.17, 15) is 13.2 Å². The Morgan fingerprint density at radius 1 is 1.26 bits per heavy atom. The summed E-state index contributed by atoms with van der Waals surface area (Å²) in [5.41, 5.74) is 0.119. The molecule has 1 saturated carbocycles. The Hall–Kier alpha value is -1.34. The predicted molar refractivity (Wildman–Crippen MR) is 69.1 cm³/mol. The lowest BCUT2D eigenvalue weighted by Crippen LogP contribution is -2.17. The first kappa shape index (κ1) is 14.1. The summed E-state index contributed by atoms with van der Waals surface area (Å²) in [6.45, 7) is 0. The Balaban J connectivity index is 2.01. The van der Waals surface area contributed by atoms with E-state index in [4.69, 9.17) is 9.88 Å². The second kappa shape index (κ2) is 5.75. The fourth-order valence-corrected chi connectivity index (χ4v) is 2.74. The van der Waals surface area contributed by atoms with Crippen molar-refractivity contribution in [2.75, 3.05) is 0 Å². The molecule has 0 bridgehead atoms. The van der Waals surface area contributed by atoms with Crippen molar-refractivity contribution in [3.8, 4) is 0 Å². The van der Waals surface area contributed by atoms with Crippen molar-refractivity contribution in [2.45, 2.75) is 49.5 Å². The first-order valence-electron chi connectivity index (χ1n) is 6.39. The molecule has 0 amide bonds. The third-order valence-corrected chi connectivity index (χ3v) is 4.17. The van der Waals surface area contributed by atoms with Gasteiger partial charge in [-0.15, -0.1) is 0 Å². The highest BCUT2D eigenvalue weighted by atomic mass is 32.2. The minimum atomic E-state index is -3.79. The number of esters is 1. The van der Waals surface area contributed by atoms with Gasteiger partial charge in [-0.3, -0.25) is 0 Å². The van der Waals surface area contributed by atoms with Crippen molar-refractivity contribution in [3.63, 3.8) is 0 Å². The Kier molecular flexibility index (Phi) is 4.26. The van der Waals surface area contributed by atoms with Crippen molar-refractivity contribution < 1.29 is 17.9 Å². The number of carbonyl (C=O) groups is 1. The first-order valence-corrected chi connectivity index (χ1v) is 7.93. The second-order valence-electron chi connectivity index (χ2n) is 4.81. The van der Waals surface area contributed by atoms with Crippen LogP contribution in [0, 0.1) is 0 Å². The number of hydrogen-bond acceptors (Lipinski definition) is 4. The van der Waals surface area contributed by atoms with Crippen LogP contribution in [0.2, 0.25) is 0 Å². The van der Waals surface area contributed by atoms with E-state index in [0.717, 1.165) is 25.7 Å². The summed E-state index contributed by atoms with van der Waals surface area (Å²) in [6.07, 6.45) is 7.33. The highest BCUT2D eigenvalue weighted by Crippen LogP contribution is 2.21. The van der Waals surface area contributed by atoms with Gasteiger partial charge in [0.05, 0.1) is 0 Å². The molecule has 1 aliphatic carbocycles. The van der Waals surface area contributed by atoms with Crippen molar-refractivity contribution >= 4 is 16.0 Å². The van der Waals surface area contributed by atoms with Crippen molar-refractivity contribution in [3.05, 3.63) is 18.0 Å². The van der Waals surface area contributed by atoms with Crippen LogP contribution in [0.5, 0.6) is 0 Å². The van der Waals surface area contributed by atoms with Gasteiger partial charge in [-0.25, -0.2) is 18.4 Å². The molecule has 19 heavy (non-hydrogen) atoms. The summed E-state index contributed by atoms with van der Waals surface area (Å²) < 4.78 is 27.6. The number of sulfonamides is 1. The Bertz CT molecular complexity index is 542. The SMILES string of the molecule is NS(=O)(=O)c1c[nH]c(C(=O)OC2CCCCCC2)c1. The minimum Gasteiger partial charge on any atom is -0.458 e. The summed E-state index contributed by atoms with van der Waals surface area (Å²) in [5, 5.41) is 4.98. The number of aromatic amines is 1. The number of hydrogen-bond donors (Lipinski definition) is 2. The summed E-state index contributed by atoms with van der Waals surface area (Å²) in [7, 11) is -3.79. The van der Waals surface area contributed by atoms with Gasteiger partial charge in [0, 0.05) is 6.20 Å². The van der Waals surface area contributed by atoms with Gasteiger partial charge in [0.15, 0.2) is 0 Å². The van der Waals surface area contributed by atoms with Gasteiger partial charge in [-0.05, 0) is 31.7 Å². The molecule has 0 radical (unpaired) electrons. The van der Waals surface area contributed by atoms with E-state index in [1.807, 2.05) is 0 Å². The maximum absolute atomic E-state index is 11.9. The summed E-state index contributed by atoms with van der Waals surface area (Å²) in [4.78, 5) is 14.3. The average Bonchev–Trinajstić information content (AvgIpc) is 2.70. The molecule has 6 nitrogen and oxygen atoms in total. The molecule has 0 spiro atoms. The van der Waals surface area contributed by atoms with E-state index in [2.05, 4.69) is 4.98 Å². The first-order chi connectivity index (χ1) is 8.97. The molecular weight excluding hydrogens is 268 g/mol. The average molecular weight is 286 g/mol. The van der Waals surface area contributed by atoms with Gasteiger partial charge in [0.25, 0.3) is 0 Å². The number of ether oxygens (including phenoxy) is 1. The lowest BCUT2D eigenvalue weighted by atomic mass is 10.1. The lowest BCUT2D eigenvalue weighted by Gasteiger charge is -2.14. The molecule has 1 aromatic heterocycles. The maximum Gasteiger partial charge on any atom is 0.355 e. The summed E-state index contributed by atoms with van der Waals surface area (Å²) in [5.74, 6) is -0.526. The lowest BCUT2D eigenvalue weighted by molar-refractivity contribution is 0.0261. The fourth-order valence-electron chi connectivity index (χ4n) is 2.23. The molecule has 1 aliphatic rings. The minimum absolute atomic E-state index is 0.0729. The molecular formula is C12H18N2O4S. The molecule has 0 atom stereocenters. The van der Waals surface area contributed by atoms with Crippen LogP contribution in [0.1, 0.15) is 49.0 Å². The van der Waals surface area contributed by atoms with Crippen LogP contribution in [0.4, 0.5) is 0 Å². The smallest absolute Gasteiger partial charge is 0.355 e. The van der Waals surface area contributed by atoms with Crippen LogP contribution in [0.25, 0.3) is 0 Å². The van der Waals surface area contributed by atoms with E-state index in [0.29, 0.717) is 0 Å². The number of rotatable bonds is 3. The molecule has 3 N–H and O–H groups in total. The molecule has 1 heterocycles. The molecule has 2 rings (SSSR count). The number of H-pyrrole nitrogens is 1. The molecule has 1 fully saturated rings. The Morgan fingerprint density at radius 2 is 1.89 bits per heavy atom. The zero-order valence-corrected chi connectivity index (χ0v) is 11.4. The van der Waals surface area contributed by atoms with Crippen LogP contribution >= 0.6 is 0 Å². The van der Waals surface area contributed by atoms with Crippen LogP contribution in [0.15, 0.2) is 17.2 Å². The fraction of sp³-hybridized carbons (Fsp3) is 0.583. The van der Waals surface area contributed by atoms with Crippen LogP contribution in [-0.4, -0.2) is 25.5 Å². The molecule has 0 aromatic carbocycles. The Morgan fingerprint density at radius 3 is 2.42 bits per heavy atom. The van der Waals surface area contributed by atoms with Crippen LogP contribution < -0.4 is 5.14 Å². The van der Waals surface area contributed by atoms with E-state index < -0.39 is 16.0 Å². The zero-order chi connectivity index (χ0) is 13.9. The highest BCUT2D eigenvalue weighted by Gasteiger charge is 2.20. The van der Waals surface area contributed by atoms with Crippen molar-refractivity contribution in [2.24, 2.45) is 5.14 Å². The third kappa shape index (κ3) is 3.81. The number of carbonyl (C=O) groups excluding carboxylic acids is 1. The van der Waals surface area contributed by atoms with E-state index in [1.54, 1.807) is 0 Å². The number of nitrogens with two attached hydrogens (primary N) is 1. The summed E-state index contributed by atoms with van der Waals surface area (Å²) in [6, 6.07) is 1.20. The highest BCUT2D eigenvalue weighted by molar-refractivity contribution is 7.89. The van der Waals surface area contributed by atoms with Gasteiger partial charge >= 0.3 is 5.97 Å². The van der Waals surface area contributed by atoms with Gasteiger partial charge in [-0.2, -0.15) is 0 Å². The van der Waals surface area contributed by atoms with Gasteiger partial charge in [0.2, 0.25) is 10.0 Å². The van der Waals surface area contributed by atoms with E-state index in [1.165, 1.54) is 25.1 Å².